The van der Waals surface area contributed by atoms with Crippen LogP contribution in [0.5, 0.6) is 0 Å². The first-order valence-corrected chi connectivity index (χ1v) is 10.2. The lowest BCUT2D eigenvalue weighted by atomic mass is 10.2. The van der Waals surface area contributed by atoms with Crippen molar-refractivity contribution in [3.8, 4) is 0 Å². The average Bonchev–Trinajstić information content (AvgIpc) is 3.43. The van der Waals surface area contributed by atoms with Crippen LogP contribution in [-0.4, -0.2) is 42.1 Å². The number of fused-ring (bicyclic) bond motifs is 1. The normalized spacial score (nSPS) is 20.3. The van der Waals surface area contributed by atoms with Crippen molar-refractivity contribution in [3.05, 3.63) is 34.9 Å². The molecule has 0 radical (unpaired) electrons. The van der Waals surface area contributed by atoms with Gasteiger partial charge >= 0.3 is 0 Å². The van der Waals surface area contributed by atoms with Crippen LogP contribution in [-0.2, 0) is 6.54 Å². The second-order valence-electron chi connectivity index (χ2n) is 7.68. The minimum Gasteiger partial charge on any atom is -0.348 e. The minimum absolute atomic E-state index is 0.165. The summed E-state index contributed by atoms with van der Waals surface area (Å²) >= 11 is 6.32. The van der Waals surface area contributed by atoms with Crippen molar-refractivity contribution in [3.63, 3.8) is 0 Å². The Bertz CT molecular complexity index is 919. The van der Waals surface area contributed by atoms with E-state index in [-0.39, 0.29) is 19.5 Å². The van der Waals surface area contributed by atoms with Gasteiger partial charge in [-0.25, -0.2) is 8.78 Å². The third kappa shape index (κ3) is 3.53. The fraction of sp³-hybridized carbons (Fsp3) is 0.474. The number of hydrazine groups is 2. The molecule has 0 amide bonds. The smallest absolute Gasteiger partial charge is 0.266 e. The second-order valence-corrected chi connectivity index (χ2v) is 8.09. The highest BCUT2D eigenvalue weighted by Gasteiger charge is 2.41. The van der Waals surface area contributed by atoms with Crippen LogP contribution in [0.3, 0.4) is 0 Å². The Morgan fingerprint density at radius 2 is 1.79 bits per heavy atom. The SMILES string of the molecule is FC1(F)CCN(c2nc(N3CCCC3)nc3c2NNN3Cc2ccccc2Cl)C1. The van der Waals surface area contributed by atoms with Crippen LogP contribution >= 0.6 is 11.6 Å². The first-order chi connectivity index (χ1) is 14.0. The molecule has 0 saturated carbocycles. The van der Waals surface area contributed by atoms with E-state index in [0.29, 0.717) is 34.8 Å². The van der Waals surface area contributed by atoms with Crippen molar-refractivity contribution in [2.24, 2.45) is 0 Å². The van der Waals surface area contributed by atoms with E-state index in [4.69, 9.17) is 16.6 Å². The molecule has 0 aliphatic carbocycles. The summed E-state index contributed by atoms with van der Waals surface area (Å²) in [5.74, 6) is -0.953. The molecule has 3 aliphatic heterocycles. The van der Waals surface area contributed by atoms with Crippen molar-refractivity contribution in [1.82, 2.24) is 15.5 Å². The lowest BCUT2D eigenvalue weighted by molar-refractivity contribution is 0.0257. The quantitative estimate of drug-likeness (QED) is 0.784. The zero-order chi connectivity index (χ0) is 20.0. The summed E-state index contributed by atoms with van der Waals surface area (Å²) in [6.45, 7) is 2.16. The zero-order valence-electron chi connectivity index (χ0n) is 15.8. The number of aromatic nitrogens is 2. The lowest BCUT2D eigenvalue weighted by Gasteiger charge is -2.24. The Labute approximate surface area is 172 Å². The Balaban J connectivity index is 1.52. The molecule has 2 fully saturated rings. The van der Waals surface area contributed by atoms with E-state index in [9.17, 15) is 8.78 Å². The van der Waals surface area contributed by atoms with Gasteiger partial charge in [-0.15, -0.1) is 5.53 Å². The molecular formula is C19H22ClF2N7. The Morgan fingerprint density at radius 3 is 2.52 bits per heavy atom. The third-order valence-corrected chi connectivity index (χ3v) is 5.94. The van der Waals surface area contributed by atoms with Gasteiger partial charge in [0, 0.05) is 31.1 Å². The number of alkyl halides is 2. The van der Waals surface area contributed by atoms with Crippen molar-refractivity contribution in [2.45, 2.75) is 31.7 Å². The molecule has 0 atom stereocenters. The summed E-state index contributed by atoms with van der Waals surface area (Å²) in [5, 5.41) is 2.51. The fourth-order valence-electron chi connectivity index (χ4n) is 4.03. The largest absolute Gasteiger partial charge is 0.348 e. The van der Waals surface area contributed by atoms with Gasteiger partial charge in [0.1, 0.15) is 5.69 Å². The minimum atomic E-state index is -2.70. The number of anilines is 4. The number of benzene rings is 1. The Morgan fingerprint density at radius 1 is 1.03 bits per heavy atom. The van der Waals surface area contributed by atoms with Crippen molar-refractivity contribution in [1.29, 1.82) is 0 Å². The number of hydrogen-bond acceptors (Lipinski definition) is 7. The van der Waals surface area contributed by atoms with E-state index in [2.05, 4.69) is 20.8 Å². The maximum absolute atomic E-state index is 13.9. The van der Waals surface area contributed by atoms with Gasteiger partial charge in [0.05, 0.1) is 13.1 Å². The van der Waals surface area contributed by atoms with E-state index in [1.54, 1.807) is 4.90 Å². The number of nitrogens with one attached hydrogen (secondary N) is 2. The lowest BCUT2D eigenvalue weighted by Crippen LogP contribution is -2.35. The monoisotopic (exact) mass is 421 g/mol. The molecule has 2 saturated heterocycles. The molecule has 0 spiro atoms. The molecule has 29 heavy (non-hydrogen) atoms. The molecule has 0 unspecified atom stereocenters. The summed E-state index contributed by atoms with van der Waals surface area (Å²) in [6.07, 6.45) is 2.00. The van der Waals surface area contributed by atoms with Gasteiger partial charge in [-0.2, -0.15) is 9.97 Å². The molecule has 10 heteroatoms. The maximum atomic E-state index is 13.9. The van der Waals surface area contributed by atoms with E-state index in [1.165, 1.54) is 0 Å². The van der Waals surface area contributed by atoms with Crippen LogP contribution in [0.15, 0.2) is 24.3 Å². The highest BCUT2D eigenvalue weighted by Crippen LogP contribution is 2.41. The van der Waals surface area contributed by atoms with Crippen LogP contribution in [0.2, 0.25) is 5.02 Å². The van der Waals surface area contributed by atoms with Crippen LogP contribution in [0.4, 0.5) is 32.1 Å². The van der Waals surface area contributed by atoms with Gasteiger partial charge in [-0.1, -0.05) is 29.8 Å². The van der Waals surface area contributed by atoms with Gasteiger partial charge in [0.2, 0.25) is 5.95 Å². The Hall–Kier alpha value is -2.39. The summed E-state index contributed by atoms with van der Waals surface area (Å²) in [7, 11) is 0. The van der Waals surface area contributed by atoms with E-state index in [1.807, 2.05) is 29.3 Å². The fourth-order valence-corrected chi connectivity index (χ4v) is 4.22. The van der Waals surface area contributed by atoms with Crippen molar-refractivity contribution < 1.29 is 8.78 Å². The maximum Gasteiger partial charge on any atom is 0.266 e. The zero-order valence-corrected chi connectivity index (χ0v) is 16.6. The standard InChI is InChI=1S/C19H22ClF2N7/c20-14-6-2-1-5-13(14)11-29-17-15(25-26-29)16(28-10-7-19(21,22)12-28)23-18(24-17)27-8-3-4-9-27/h1-2,5-6,25-26H,3-4,7-12H2. The average molecular weight is 422 g/mol. The summed E-state index contributed by atoms with van der Waals surface area (Å²) in [5.41, 5.74) is 7.73. The first kappa shape index (κ1) is 18.6. The highest BCUT2D eigenvalue weighted by atomic mass is 35.5. The molecule has 2 N–H and O–H groups in total. The molecule has 3 aliphatic rings. The van der Waals surface area contributed by atoms with Crippen molar-refractivity contribution in [2.75, 3.05) is 46.4 Å². The summed E-state index contributed by atoms with van der Waals surface area (Å²) in [6, 6.07) is 7.61. The molecule has 1 aromatic heterocycles. The van der Waals surface area contributed by atoms with Crippen LogP contribution < -0.4 is 25.8 Å². The molecule has 2 aromatic rings. The Kier molecular flexibility index (Phi) is 4.59. The summed E-state index contributed by atoms with van der Waals surface area (Å²) < 4.78 is 27.8. The second kappa shape index (κ2) is 7.14. The number of nitrogens with zero attached hydrogens (tertiary/aromatic N) is 5. The molecule has 0 bridgehead atoms. The van der Waals surface area contributed by atoms with Crippen LogP contribution in [0.25, 0.3) is 0 Å². The van der Waals surface area contributed by atoms with Crippen molar-refractivity contribution >= 4 is 34.9 Å². The number of rotatable bonds is 4. The predicted octanol–water partition coefficient (Wildman–Crippen LogP) is 3.43. The third-order valence-electron chi connectivity index (χ3n) is 5.57. The molecule has 4 heterocycles. The predicted molar refractivity (Wildman–Crippen MR) is 110 cm³/mol. The van der Waals surface area contributed by atoms with E-state index >= 15 is 0 Å². The number of hydrogen-bond donors (Lipinski definition) is 2. The van der Waals surface area contributed by atoms with Gasteiger partial charge in [0.25, 0.3) is 5.92 Å². The van der Waals surface area contributed by atoms with Crippen LogP contribution in [0.1, 0.15) is 24.8 Å². The van der Waals surface area contributed by atoms with Gasteiger partial charge in [-0.05, 0) is 24.5 Å². The topological polar surface area (TPSA) is 59.6 Å². The van der Waals surface area contributed by atoms with Gasteiger partial charge in [0.15, 0.2) is 11.6 Å². The molecule has 154 valence electrons. The molecular weight excluding hydrogens is 400 g/mol. The first-order valence-electron chi connectivity index (χ1n) is 9.82. The number of halogens is 3. The summed E-state index contributed by atoms with van der Waals surface area (Å²) in [4.78, 5) is 13.2. The van der Waals surface area contributed by atoms with Gasteiger partial charge in [-0.3, -0.25) is 10.4 Å². The van der Waals surface area contributed by atoms with E-state index < -0.39 is 5.92 Å². The highest BCUT2D eigenvalue weighted by molar-refractivity contribution is 6.31. The molecule has 5 rings (SSSR count). The van der Waals surface area contributed by atoms with E-state index in [0.717, 1.165) is 31.5 Å². The molecule has 7 nitrogen and oxygen atoms in total. The van der Waals surface area contributed by atoms with Gasteiger partial charge < -0.3 is 9.80 Å². The molecule has 1 aromatic carbocycles. The van der Waals surface area contributed by atoms with Crippen LogP contribution in [0, 0.1) is 0 Å².